The smallest absolute Gasteiger partial charge is 0.391 e. The third-order valence-electron chi connectivity index (χ3n) is 2.71. The Morgan fingerprint density at radius 3 is 2.75 bits per heavy atom. The van der Waals surface area contributed by atoms with Crippen molar-refractivity contribution in [1.29, 1.82) is 0 Å². The molecule has 16 heavy (non-hydrogen) atoms. The molecule has 0 atom stereocenters. The Morgan fingerprint density at radius 1 is 1.50 bits per heavy atom. The molecular formula is C11H15N3O2. The molecule has 0 unspecified atom stereocenters. The first kappa shape index (κ1) is 10.7. The van der Waals surface area contributed by atoms with Crippen molar-refractivity contribution < 1.29 is 9.53 Å². The predicted molar refractivity (Wildman–Crippen MR) is 60.6 cm³/mol. The highest BCUT2D eigenvalue weighted by Gasteiger charge is 2.15. The fourth-order valence-electron chi connectivity index (χ4n) is 1.97. The van der Waals surface area contributed by atoms with Crippen LogP contribution in [0.5, 0.6) is 5.88 Å². The minimum Gasteiger partial charge on any atom is -0.391 e. The van der Waals surface area contributed by atoms with Crippen LogP contribution >= 0.6 is 0 Å². The SMILES string of the molecule is Cc1cc(OC(N)=O)ncc1N1CCCC1. The summed E-state index contributed by atoms with van der Waals surface area (Å²) in [6, 6.07) is 1.73. The van der Waals surface area contributed by atoms with E-state index in [2.05, 4.69) is 9.88 Å². The summed E-state index contributed by atoms with van der Waals surface area (Å²) in [5.74, 6) is 0.257. The molecule has 1 aromatic rings. The zero-order chi connectivity index (χ0) is 11.5. The molecule has 0 radical (unpaired) electrons. The summed E-state index contributed by atoms with van der Waals surface area (Å²) in [4.78, 5) is 16.9. The number of hydrogen-bond donors (Lipinski definition) is 1. The van der Waals surface area contributed by atoms with Gasteiger partial charge in [-0.1, -0.05) is 0 Å². The molecule has 1 amide bonds. The average Bonchev–Trinajstić information content (AvgIpc) is 2.69. The maximum atomic E-state index is 10.6. The molecule has 1 saturated heterocycles. The van der Waals surface area contributed by atoms with E-state index in [4.69, 9.17) is 10.5 Å². The molecule has 0 bridgehead atoms. The molecule has 2 rings (SSSR count). The van der Waals surface area contributed by atoms with E-state index in [-0.39, 0.29) is 5.88 Å². The topological polar surface area (TPSA) is 68.5 Å². The van der Waals surface area contributed by atoms with Crippen LogP contribution in [0.1, 0.15) is 18.4 Å². The summed E-state index contributed by atoms with van der Waals surface area (Å²) in [6.07, 6.45) is 3.34. The molecule has 5 heteroatoms. The van der Waals surface area contributed by atoms with E-state index < -0.39 is 6.09 Å². The Hall–Kier alpha value is -1.78. The van der Waals surface area contributed by atoms with E-state index in [0.717, 1.165) is 24.3 Å². The van der Waals surface area contributed by atoms with Gasteiger partial charge in [0.15, 0.2) is 0 Å². The van der Waals surface area contributed by atoms with Crippen molar-refractivity contribution in [3.8, 4) is 5.88 Å². The number of pyridine rings is 1. The first-order chi connectivity index (χ1) is 7.66. The lowest BCUT2D eigenvalue weighted by Gasteiger charge is -2.19. The van der Waals surface area contributed by atoms with Crippen LogP contribution in [-0.4, -0.2) is 24.2 Å². The van der Waals surface area contributed by atoms with Gasteiger partial charge in [0.1, 0.15) is 0 Å². The summed E-state index contributed by atoms with van der Waals surface area (Å²) in [6.45, 7) is 4.11. The second-order valence-corrected chi connectivity index (χ2v) is 3.92. The second kappa shape index (κ2) is 4.38. The number of nitrogens with zero attached hydrogens (tertiary/aromatic N) is 2. The van der Waals surface area contributed by atoms with Gasteiger partial charge in [0.2, 0.25) is 5.88 Å². The number of rotatable bonds is 2. The Bertz CT molecular complexity index is 400. The Balaban J connectivity index is 2.18. The number of amides is 1. The first-order valence-corrected chi connectivity index (χ1v) is 5.35. The number of aryl methyl sites for hydroxylation is 1. The van der Waals surface area contributed by atoms with Crippen LogP contribution < -0.4 is 15.4 Å². The molecule has 1 fully saturated rings. The first-order valence-electron chi connectivity index (χ1n) is 5.35. The maximum absolute atomic E-state index is 10.6. The Kier molecular flexibility index (Phi) is 2.94. The van der Waals surface area contributed by atoms with Gasteiger partial charge in [0.05, 0.1) is 11.9 Å². The minimum absolute atomic E-state index is 0.257. The molecule has 0 spiro atoms. The lowest BCUT2D eigenvalue weighted by Crippen LogP contribution is -2.20. The third-order valence-corrected chi connectivity index (χ3v) is 2.71. The van der Waals surface area contributed by atoms with Crippen LogP contribution in [-0.2, 0) is 0 Å². The molecule has 2 heterocycles. The second-order valence-electron chi connectivity index (χ2n) is 3.92. The van der Waals surface area contributed by atoms with Crippen molar-refractivity contribution in [2.45, 2.75) is 19.8 Å². The quantitative estimate of drug-likeness (QED) is 0.820. The van der Waals surface area contributed by atoms with E-state index in [1.807, 2.05) is 6.92 Å². The van der Waals surface area contributed by atoms with Crippen molar-refractivity contribution in [3.05, 3.63) is 17.8 Å². The molecule has 86 valence electrons. The summed E-state index contributed by atoms with van der Waals surface area (Å²) in [5.41, 5.74) is 7.08. The van der Waals surface area contributed by atoms with Gasteiger partial charge in [-0.05, 0) is 25.3 Å². The van der Waals surface area contributed by atoms with Crippen molar-refractivity contribution in [2.75, 3.05) is 18.0 Å². The number of ether oxygens (including phenoxy) is 1. The van der Waals surface area contributed by atoms with Crippen LogP contribution in [0.3, 0.4) is 0 Å². The lowest BCUT2D eigenvalue weighted by atomic mass is 10.2. The van der Waals surface area contributed by atoms with Crippen LogP contribution in [0.2, 0.25) is 0 Å². The number of aromatic nitrogens is 1. The maximum Gasteiger partial charge on any atom is 0.411 e. The molecule has 5 nitrogen and oxygen atoms in total. The van der Waals surface area contributed by atoms with Gasteiger partial charge in [-0.15, -0.1) is 0 Å². The molecule has 0 saturated carbocycles. The fourth-order valence-corrected chi connectivity index (χ4v) is 1.97. The summed E-state index contributed by atoms with van der Waals surface area (Å²) in [5, 5.41) is 0. The Labute approximate surface area is 94.2 Å². The van der Waals surface area contributed by atoms with E-state index in [9.17, 15) is 4.79 Å². The van der Waals surface area contributed by atoms with Crippen molar-refractivity contribution >= 4 is 11.8 Å². The molecule has 1 aliphatic rings. The van der Waals surface area contributed by atoms with Crippen molar-refractivity contribution in [2.24, 2.45) is 5.73 Å². The molecule has 0 aliphatic carbocycles. The van der Waals surface area contributed by atoms with E-state index in [0.29, 0.717) is 0 Å². The molecule has 0 aromatic carbocycles. The highest BCUT2D eigenvalue weighted by molar-refractivity contribution is 5.68. The van der Waals surface area contributed by atoms with E-state index in [1.165, 1.54) is 12.8 Å². The number of nitrogens with two attached hydrogens (primary N) is 1. The van der Waals surface area contributed by atoms with Gasteiger partial charge in [0.25, 0.3) is 0 Å². The van der Waals surface area contributed by atoms with E-state index >= 15 is 0 Å². The van der Waals surface area contributed by atoms with Gasteiger partial charge in [-0.25, -0.2) is 9.78 Å². The summed E-state index contributed by atoms with van der Waals surface area (Å²) >= 11 is 0. The van der Waals surface area contributed by atoms with Gasteiger partial charge >= 0.3 is 6.09 Å². The average molecular weight is 221 g/mol. The zero-order valence-electron chi connectivity index (χ0n) is 9.27. The summed E-state index contributed by atoms with van der Waals surface area (Å²) < 4.78 is 4.72. The van der Waals surface area contributed by atoms with Crippen LogP contribution in [0.15, 0.2) is 12.3 Å². The van der Waals surface area contributed by atoms with Crippen molar-refractivity contribution in [1.82, 2.24) is 4.98 Å². The van der Waals surface area contributed by atoms with Crippen LogP contribution in [0.4, 0.5) is 10.5 Å². The molecular weight excluding hydrogens is 206 g/mol. The Morgan fingerprint density at radius 2 is 2.19 bits per heavy atom. The number of hydrogen-bond acceptors (Lipinski definition) is 4. The molecule has 1 aromatic heterocycles. The number of primary amides is 1. The predicted octanol–water partition coefficient (Wildman–Crippen LogP) is 1.45. The normalized spacial score (nSPS) is 15.2. The lowest BCUT2D eigenvalue weighted by molar-refractivity contribution is 0.209. The van der Waals surface area contributed by atoms with Gasteiger partial charge in [-0.2, -0.15) is 0 Å². The number of carbonyl (C=O) groups excluding carboxylic acids is 1. The minimum atomic E-state index is -0.833. The number of carbonyl (C=O) groups is 1. The zero-order valence-corrected chi connectivity index (χ0v) is 9.27. The molecule has 2 N–H and O–H groups in total. The van der Waals surface area contributed by atoms with Crippen LogP contribution in [0.25, 0.3) is 0 Å². The highest BCUT2D eigenvalue weighted by Crippen LogP contribution is 2.25. The summed E-state index contributed by atoms with van der Waals surface area (Å²) in [7, 11) is 0. The monoisotopic (exact) mass is 221 g/mol. The fraction of sp³-hybridized carbons (Fsp3) is 0.455. The van der Waals surface area contributed by atoms with E-state index in [1.54, 1.807) is 12.3 Å². The van der Waals surface area contributed by atoms with Gasteiger partial charge in [0, 0.05) is 19.2 Å². The van der Waals surface area contributed by atoms with Gasteiger partial charge in [-0.3, -0.25) is 0 Å². The molecule has 1 aliphatic heterocycles. The standard InChI is InChI=1S/C11H15N3O2/c1-8-6-10(16-11(12)15)13-7-9(8)14-4-2-3-5-14/h6-7H,2-5H2,1H3,(H2,12,15). The van der Waals surface area contributed by atoms with Gasteiger partial charge < -0.3 is 15.4 Å². The largest absolute Gasteiger partial charge is 0.411 e. The third kappa shape index (κ3) is 2.24. The van der Waals surface area contributed by atoms with Crippen LogP contribution in [0, 0.1) is 6.92 Å². The highest BCUT2D eigenvalue weighted by atomic mass is 16.6. The number of anilines is 1. The van der Waals surface area contributed by atoms with Crippen molar-refractivity contribution in [3.63, 3.8) is 0 Å².